The van der Waals surface area contributed by atoms with Crippen LogP contribution in [0.1, 0.15) is 86.5 Å². The van der Waals surface area contributed by atoms with Crippen molar-refractivity contribution in [2.45, 2.75) is 92.1 Å². The van der Waals surface area contributed by atoms with Gasteiger partial charge in [0.05, 0.1) is 38.3 Å². The molecule has 1 N–H and O–H groups in total. The van der Waals surface area contributed by atoms with Gasteiger partial charge in [0.25, 0.3) is 0 Å². The molecule has 3 aliphatic carbocycles. The van der Waals surface area contributed by atoms with Crippen LogP contribution in [-0.2, 0) is 4.79 Å². The minimum absolute atomic E-state index is 0.0561. The Morgan fingerprint density at radius 2 is 1.68 bits per heavy atom. The lowest BCUT2D eigenvalue weighted by Gasteiger charge is -2.59. The van der Waals surface area contributed by atoms with E-state index in [0.29, 0.717) is 30.1 Å². The minimum atomic E-state index is -0.524. The highest BCUT2D eigenvalue weighted by atomic mass is 16.3. The van der Waals surface area contributed by atoms with Crippen LogP contribution < -0.4 is 0 Å². The van der Waals surface area contributed by atoms with E-state index in [1.54, 1.807) is 0 Å². The molecule has 176 valence electrons. The number of piperidine rings is 1. The fraction of sp³-hybridized carbons (Fsp3) is 0.889. The van der Waals surface area contributed by atoms with Crippen LogP contribution in [0, 0.1) is 28.6 Å². The van der Waals surface area contributed by atoms with Crippen LogP contribution in [0.4, 0.5) is 0 Å². The van der Waals surface area contributed by atoms with E-state index in [2.05, 4.69) is 52.5 Å². The highest BCUT2D eigenvalue weighted by Gasteiger charge is 2.62. The van der Waals surface area contributed by atoms with Gasteiger partial charge in [-0.2, -0.15) is 0 Å². The van der Waals surface area contributed by atoms with Crippen molar-refractivity contribution in [1.29, 1.82) is 0 Å². The second-order valence-electron chi connectivity index (χ2n) is 11.9. The van der Waals surface area contributed by atoms with Crippen LogP contribution in [0.15, 0.2) is 11.8 Å². The van der Waals surface area contributed by atoms with Gasteiger partial charge in [-0.1, -0.05) is 19.9 Å². The van der Waals surface area contributed by atoms with E-state index >= 15 is 0 Å². The fourth-order valence-electron chi connectivity index (χ4n) is 8.39. The van der Waals surface area contributed by atoms with E-state index in [0.717, 1.165) is 69.3 Å². The van der Waals surface area contributed by atoms with E-state index in [1.165, 1.54) is 12.1 Å². The molecule has 0 bridgehead atoms. The minimum Gasteiger partial charge on any atom is -0.390 e. The van der Waals surface area contributed by atoms with Crippen molar-refractivity contribution >= 4 is 5.91 Å². The number of hydrogen-bond donors (Lipinski definition) is 1. The first-order chi connectivity index (χ1) is 14.6. The predicted molar refractivity (Wildman–Crippen MR) is 126 cm³/mol. The molecule has 1 amide bonds. The molecule has 1 aliphatic heterocycles. The molecular weight excluding hydrogens is 384 g/mol. The van der Waals surface area contributed by atoms with Crippen molar-refractivity contribution in [1.82, 2.24) is 4.90 Å². The summed E-state index contributed by atoms with van der Waals surface area (Å²) in [7, 11) is 0. The average Bonchev–Trinajstić information content (AvgIpc) is 3.00. The monoisotopic (exact) mass is 431 g/mol. The van der Waals surface area contributed by atoms with Gasteiger partial charge in [-0.05, 0) is 89.4 Å². The summed E-state index contributed by atoms with van der Waals surface area (Å²) in [6.45, 7) is 19.1. The Labute approximate surface area is 190 Å². The SMILES string of the molecule is CC[N+](CC)(CC)CCN1C(=O)CC[C@]2(C)C1=CC[C@H]1[C@H]3CC[C@@](C)(O)[C@]3(C)CC[C@@H]12. The van der Waals surface area contributed by atoms with E-state index in [4.69, 9.17) is 0 Å². The molecule has 2 saturated carbocycles. The summed E-state index contributed by atoms with van der Waals surface area (Å²) in [4.78, 5) is 15.3. The molecule has 0 aromatic carbocycles. The Bertz CT molecular complexity index is 731. The van der Waals surface area contributed by atoms with Crippen molar-refractivity contribution in [3.63, 3.8) is 0 Å². The Kier molecular flexibility index (Phi) is 5.91. The summed E-state index contributed by atoms with van der Waals surface area (Å²) in [5.41, 5.74) is 0.997. The van der Waals surface area contributed by atoms with Gasteiger partial charge >= 0.3 is 0 Å². The van der Waals surface area contributed by atoms with Crippen molar-refractivity contribution < 1.29 is 14.4 Å². The molecule has 0 radical (unpaired) electrons. The maximum atomic E-state index is 13.1. The number of likely N-dealkylation sites (tertiary alicyclic amines) is 1. The van der Waals surface area contributed by atoms with Gasteiger partial charge in [-0.3, -0.25) is 4.79 Å². The number of nitrogens with zero attached hydrogens (tertiary/aromatic N) is 2. The van der Waals surface area contributed by atoms with Crippen LogP contribution >= 0.6 is 0 Å². The molecule has 0 aromatic rings. The maximum Gasteiger partial charge on any atom is 0.226 e. The highest BCUT2D eigenvalue weighted by molar-refractivity contribution is 5.80. The maximum absolute atomic E-state index is 13.1. The number of quaternary nitrogens is 1. The van der Waals surface area contributed by atoms with Crippen LogP contribution in [0.3, 0.4) is 0 Å². The van der Waals surface area contributed by atoms with Gasteiger partial charge in [0.2, 0.25) is 5.91 Å². The third kappa shape index (κ3) is 3.34. The molecular formula is C27H47N2O2+. The molecule has 4 heteroatoms. The van der Waals surface area contributed by atoms with Gasteiger partial charge < -0.3 is 14.5 Å². The van der Waals surface area contributed by atoms with Gasteiger partial charge in [-0.25, -0.2) is 0 Å². The molecule has 6 atom stereocenters. The number of carbonyl (C=O) groups excluding carboxylic acids is 1. The van der Waals surface area contributed by atoms with Gasteiger partial charge in [0, 0.05) is 17.5 Å². The van der Waals surface area contributed by atoms with Crippen molar-refractivity contribution in [3.8, 4) is 0 Å². The van der Waals surface area contributed by atoms with Crippen molar-refractivity contribution in [3.05, 3.63) is 11.8 Å². The smallest absolute Gasteiger partial charge is 0.226 e. The number of carbonyl (C=O) groups is 1. The molecule has 3 fully saturated rings. The summed E-state index contributed by atoms with van der Waals surface area (Å²) in [5.74, 6) is 2.27. The highest BCUT2D eigenvalue weighted by Crippen LogP contribution is 2.66. The van der Waals surface area contributed by atoms with Crippen molar-refractivity contribution in [2.24, 2.45) is 28.6 Å². The largest absolute Gasteiger partial charge is 0.390 e. The van der Waals surface area contributed by atoms with Crippen LogP contribution in [0.25, 0.3) is 0 Å². The van der Waals surface area contributed by atoms with Gasteiger partial charge in [-0.15, -0.1) is 0 Å². The second kappa shape index (κ2) is 7.87. The van der Waals surface area contributed by atoms with Gasteiger partial charge in [0.15, 0.2) is 0 Å². The van der Waals surface area contributed by atoms with E-state index < -0.39 is 5.60 Å². The zero-order valence-corrected chi connectivity index (χ0v) is 21.0. The molecule has 4 nitrogen and oxygen atoms in total. The Morgan fingerprint density at radius 1 is 1.03 bits per heavy atom. The normalized spacial score (nSPS) is 42.7. The third-order valence-corrected chi connectivity index (χ3v) is 11.2. The lowest BCUT2D eigenvalue weighted by molar-refractivity contribution is -0.922. The summed E-state index contributed by atoms with van der Waals surface area (Å²) >= 11 is 0. The Balaban J connectivity index is 1.61. The number of allylic oxidation sites excluding steroid dienone is 2. The fourth-order valence-corrected chi connectivity index (χ4v) is 8.39. The summed E-state index contributed by atoms with van der Waals surface area (Å²) in [6.07, 6.45) is 9.68. The number of rotatable bonds is 6. The lowest BCUT2D eigenvalue weighted by atomic mass is 9.48. The first kappa shape index (κ1) is 23.3. The third-order valence-electron chi connectivity index (χ3n) is 11.2. The molecule has 1 saturated heterocycles. The molecule has 1 heterocycles. The first-order valence-corrected chi connectivity index (χ1v) is 13.2. The second-order valence-corrected chi connectivity index (χ2v) is 11.9. The topological polar surface area (TPSA) is 40.5 Å². The number of fused-ring (bicyclic) bond motifs is 5. The summed E-state index contributed by atoms with van der Waals surface area (Å²) < 4.78 is 1.09. The molecule has 0 aromatic heterocycles. The van der Waals surface area contributed by atoms with Crippen LogP contribution in [-0.4, -0.2) is 58.7 Å². The summed E-state index contributed by atoms with van der Waals surface area (Å²) in [6, 6.07) is 0. The first-order valence-electron chi connectivity index (χ1n) is 13.2. The molecule has 0 unspecified atom stereocenters. The number of likely N-dealkylation sites (N-methyl/N-ethyl adjacent to an activating group) is 1. The molecule has 4 aliphatic rings. The Morgan fingerprint density at radius 3 is 2.32 bits per heavy atom. The van der Waals surface area contributed by atoms with E-state index in [1.807, 2.05) is 0 Å². The quantitative estimate of drug-likeness (QED) is 0.603. The van der Waals surface area contributed by atoms with E-state index in [9.17, 15) is 9.90 Å². The standard InChI is InChI=1S/C27H47N2O2/c1-7-29(8-2,9-3)19-18-28-23-11-10-20-21(25(23,4)15-14-24(28)30)12-16-26(5)22(20)13-17-27(26,6)31/h11,20-22,31H,7-10,12-19H2,1-6H3/q+1/t20-,21+,22-,25+,26-,27-/m1/s1. The lowest BCUT2D eigenvalue weighted by Crippen LogP contribution is -2.58. The Hall–Kier alpha value is -0.870. The molecule has 31 heavy (non-hydrogen) atoms. The summed E-state index contributed by atoms with van der Waals surface area (Å²) in [5, 5.41) is 11.2. The average molecular weight is 432 g/mol. The molecule has 0 spiro atoms. The van der Waals surface area contributed by atoms with Crippen LogP contribution in [0.5, 0.6) is 0 Å². The molecule has 4 rings (SSSR count). The zero-order valence-electron chi connectivity index (χ0n) is 21.0. The number of aliphatic hydroxyl groups is 1. The van der Waals surface area contributed by atoms with Crippen molar-refractivity contribution in [2.75, 3.05) is 32.7 Å². The van der Waals surface area contributed by atoms with E-state index in [-0.39, 0.29) is 10.8 Å². The number of amides is 1. The zero-order chi connectivity index (χ0) is 22.7. The number of hydrogen-bond acceptors (Lipinski definition) is 2. The van der Waals surface area contributed by atoms with Gasteiger partial charge in [0.1, 0.15) is 0 Å². The predicted octanol–water partition coefficient (Wildman–Crippen LogP) is 4.97. The van der Waals surface area contributed by atoms with Crippen LogP contribution in [0.2, 0.25) is 0 Å².